The third-order valence-electron chi connectivity index (χ3n) is 3.66. The molecule has 1 aromatic carbocycles. The average Bonchev–Trinajstić information content (AvgIpc) is 2.97. The molecule has 0 aliphatic carbocycles. The molecule has 4 nitrogen and oxygen atoms in total. The van der Waals surface area contributed by atoms with E-state index in [0.717, 1.165) is 12.8 Å². The number of rotatable bonds is 2. The molecule has 2 fully saturated rings. The number of amides is 1. The summed E-state index contributed by atoms with van der Waals surface area (Å²) in [5.41, 5.74) is 0.528. The van der Waals surface area contributed by atoms with Crippen LogP contribution in [0.25, 0.3) is 0 Å². The fourth-order valence-corrected chi connectivity index (χ4v) is 2.74. The fourth-order valence-electron chi connectivity index (χ4n) is 2.74. The summed E-state index contributed by atoms with van der Waals surface area (Å²) in [7, 11) is 0. The number of hydrogen-bond donors (Lipinski definition) is 1. The van der Waals surface area contributed by atoms with Crippen molar-refractivity contribution in [2.45, 2.75) is 31.1 Å². The highest BCUT2D eigenvalue weighted by Crippen LogP contribution is 2.45. The van der Waals surface area contributed by atoms with E-state index in [1.165, 1.54) is 11.0 Å². The SMILES string of the molecule is O=C(O)N1CCC[C@@H]1[C@H]1O[C@@H]1c1ccccc1F. The van der Waals surface area contributed by atoms with Crippen LogP contribution in [0.1, 0.15) is 24.5 Å². The van der Waals surface area contributed by atoms with Crippen molar-refractivity contribution >= 4 is 6.09 Å². The lowest BCUT2D eigenvalue weighted by Gasteiger charge is -2.19. The number of benzene rings is 1. The second-order valence-electron chi connectivity index (χ2n) is 4.73. The van der Waals surface area contributed by atoms with Gasteiger partial charge in [-0.25, -0.2) is 9.18 Å². The molecule has 3 rings (SSSR count). The molecule has 2 aliphatic heterocycles. The van der Waals surface area contributed by atoms with Gasteiger partial charge in [-0.3, -0.25) is 0 Å². The molecule has 0 aromatic heterocycles. The van der Waals surface area contributed by atoms with Gasteiger partial charge in [-0.1, -0.05) is 18.2 Å². The number of carboxylic acid groups (broad SMARTS) is 1. The Hall–Kier alpha value is -1.62. The molecule has 2 heterocycles. The minimum absolute atomic E-state index is 0.132. The van der Waals surface area contributed by atoms with Crippen LogP contribution >= 0.6 is 0 Å². The molecule has 1 aromatic rings. The van der Waals surface area contributed by atoms with Gasteiger partial charge >= 0.3 is 6.09 Å². The maximum Gasteiger partial charge on any atom is 0.407 e. The number of ether oxygens (including phenoxy) is 1. The Morgan fingerprint density at radius 3 is 2.94 bits per heavy atom. The van der Waals surface area contributed by atoms with Crippen molar-refractivity contribution in [3.05, 3.63) is 35.6 Å². The molecule has 2 aliphatic rings. The van der Waals surface area contributed by atoms with Gasteiger partial charge in [-0.05, 0) is 18.9 Å². The highest BCUT2D eigenvalue weighted by molar-refractivity contribution is 5.66. The van der Waals surface area contributed by atoms with Gasteiger partial charge in [0.05, 0.1) is 6.04 Å². The monoisotopic (exact) mass is 251 g/mol. The van der Waals surface area contributed by atoms with E-state index < -0.39 is 6.09 Å². The van der Waals surface area contributed by atoms with Crippen LogP contribution in [0, 0.1) is 5.82 Å². The molecule has 1 N–H and O–H groups in total. The maximum absolute atomic E-state index is 13.6. The summed E-state index contributed by atoms with van der Waals surface area (Å²) >= 11 is 0. The van der Waals surface area contributed by atoms with Crippen molar-refractivity contribution in [2.75, 3.05) is 6.54 Å². The van der Waals surface area contributed by atoms with Crippen LogP contribution in [0.3, 0.4) is 0 Å². The number of halogens is 1. The van der Waals surface area contributed by atoms with Gasteiger partial charge in [0.1, 0.15) is 18.0 Å². The van der Waals surface area contributed by atoms with Crippen LogP contribution in [0.5, 0.6) is 0 Å². The molecular weight excluding hydrogens is 237 g/mol. The lowest BCUT2D eigenvalue weighted by Crippen LogP contribution is -2.37. The van der Waals surface area contributed by atoms with E-state index in [1.54, 1.807) is 18.2 Å². The summed E-state index contributed by atoms with van der Waals surface area (Å²) in [6, 6.07) is 6.36. The van der Waals surface area contributed by atoms with Gasteiger partial charge in [0.2, 0.25) is 0 Å². The molecular formula is C13H14FNO3. The maximum atomic E-state index is 13.6. The summed E-state index contributed by atoms with van der Waals surface area (Å²) in [5.74, 6) is -0.287. The van der Waals surface area contributed by atoms with Crippen molar-refractivity contribution in [2.24, 2.45) is 0 Å². The quantitative estimate of drug-likeness (QED) is 0.821. The van der Waals surface area contributed by atoms with Gasteiger partial charge in [0.25, 0.3) is 0 Å². The Kier molecular flexibility index (Phi) is 2.70. The Morgan fingerprint density at radius 1 is 1.44 bits per heavy atom. The summed E-state index contributed by atoms with van der Waals surface area (Å²) in [6.07, 6.45) is 0.236. The number of carbonyl (C=O) groups is 1. The first kappa shape index (κ1) is 11.5. The van der Waals surface area contributed by atoms with E-state index in [1.807, 2.05) is 0 Å². The third kappa shape index (κ3) is 1.84. The molecule has 5 heteroatoms. The van der Waals surface area contributed by atoms with E-state index in [9.17, 15) is 9.18 Å². The lowest BCUT2D eigenvalue weighted by atomic mass is 10.0. The summed E-state index contributed by atoms with van der Waals surface area (Å²) in [5, 5.41) is 9.07. The Morgan fingerprint density at radius 2 is 2.22 bits per heavy atom. The number of hydrogen-bond acceptors (Lipinski definition) is 2. The minimum atomic E-state index is -0.916. The molecule has 3 atom stereocenters. The normalized spacial score (nSPS) is 30.5. The number of epoxide rings is 1. The topological polar surface area (TPSA) is 53.1 Å². The standard InChI is InChI=1S/C13H14FNO3/c14-9-5-2-1-4-8(9)11-12(18-11)10-6-3-7-15(10)13(16)17/h1-2,4-5,10-12H,3,6-7H2,(H,16,17)/t10-,11-,12-/m1/s1. The largest absolute Gasteiger partial charge is 0.465 e. The molecule has 2 saturated heterocycles. The fraction of sp³-hybridized carbons (Fsp3) is 0.462. The van der Waals surface area contributed by atoms with E-state index in [4.69, 9.17) is 9.84 Å². The Bertz CT molecular complexity index is 479. The molecule has 0 saturated carbocycles. The van der Waals surface area contributed by atoms with Crippen molar-refractivity contribution in [1.82, 2.24) is 4.90 Å². The zero-order valence-electron chi connectivity index (χ0n) is 9.75. The van der Waals surface area contributed by atoms with E-state index >= 15 is 0 Å². The van der Waals surface area contributed by atoms with E-state index in [0.29, 0.717) is 12.1 Å². The molecule has 96 valence electrons. The summed E-state index contributed by atoms with van der Waals surface area (Å²) in [4.78, 5) is 12.5. The van der Waals surface area contributed by atoms with Crippen molar-refractivity contribution < 1.29 is 19.0 Å². The number of likely N-dealkylation sites (tertiary alicyclic amines) is 1. The summed E-state index contributed by atoms with van der Waals surface area (Å²) in [6.45, 7) is 0.545. The highest BCUT2D eigenvalue weighted by atomic mass is 19.1. The third-order valence-corrected chi connectivity index (χ3v) is 3.66. The van der Waals surface area contributed by atoms with Crippen LogP contribution in [0.15, 0.2) is 24.3 Å². The highest BCUT2D eigenvalue weighted by Gasteiger charge is 2.51. The zero-order chi connectivity index (χ0) is 12.7. The Balaban J connectivity index is 1.74. The molecule has 18 heavy (non-hydrogen) atoms. The minimum Gasteiger partial charge on any atom is -0.465 e. The number of nitrogens with zero attached hydrogens (tertiary/aromatic N) is 1. The second-order valence-corrected chi connectivity index (χ2v) is 4.73. The van der Waals surface area contributed by atoms with Crippen LogP contribution < -0.4 is 0 Å². The van der Waals surface area contributed by atoms with Crippen LogP contribution in [0.2, 0.25) is 0 Å². The molecule has 0 spiro atoms. The van der Waals surface area contributed by atoms with Crippen molar-refractivity contribution in [1.29, 1.82) is 0 Å². The van der Waals surface area contributed by atoms with Crippen LogP contribution in [-0.2, 0) is 4.74 Å². The molecule has 1 amide bonds. The van der Waals surface area contributed by atoms with Crippen molar-refractivity contribution in [3.8, 4) is 0 Å². The van der Waals surface area contributed by atoms with E-state index in [-0.39, 0.29) is 24.1 Å². The van der Waals surface area contributed by atoms with Gasteiger partial charge in [-0.2, -0.15) is 0 Å². The van der Waals surface area contributed by atoms with E-state index in [2.05, 4.69) is 0 Å². The first-order chi connectivity index (χ1) is 8.68. The molecule has 0 unspecified atom stereocenters. The average molecular weight is 251 g/mol. The summed E-state index contributed by atoms with van der Waals surface area (Å²) < 4.78 is 19.1. The smallest absolute Gasteiger partial charge is 0.407 e. The predicted molar refractivity (Wildman–Crippen MR) is 61.8 cm³/mol. The molecule has 0 radical (unpaired) electrons. The lowest BCUT2D eigenvalue weighted by molar-refractivity contribution is 0.132. The van der Waals surface area contributed by atoms with Gasteiger partial charge < -0.3 is 14.7 Å². The zero-order valence-corrected chi connectivity index (χ0v) is 9.75. The van der Waals surface area contributed by atoms with Gasteiger partial charge in [0.15, 0.2) is 0 Å². The second kappa shape index (κ2) is 4.24. The van der Waals surface area contributed by atoms with Crippen LogP contribution in [0.4, 0.5) is 9.18 Å². The first-order valence-electron chi connectivity index (χ1n) is 6.08. The van der Waals surface area contributed by atoms with Gasteiger partial charge in [-0.15, -0.1) is 0 Å². The first-order valence-corrected chi connectivity index (χ1v) is 6.08. The predicted octanol–water partition coefficient (Wildman–Crippen LogP) is 2.41. The molecule has 0 bridgehead atoms. The van der Waals surface area contributed by atoms with Crippen LogP contribution in [-0.4, -0.2) is 34.8 Å². The Labute approximate surface area is 104 Å². The van der Waals surface area contributed by atoms with Crippen molar-refractivity contribution in [3.63, 3.8) is 0 Å². The van der Waals surface area contributed by atoms with Gasteiger partial charge in [0, 0.05) is 12.1 Å².